The quantitative estimate of drug-likeness (QED) is 0.920. The van der Waals surface area contributed by atoms with Crippen LogP contribution in [0.1, 0.15) is 17.2 Å². The lowest BCUT2D eigenvalue weighted by Crippen LogP contribution is -2.15. The Hall–Kier alpha value is -2.07. The van der Waals surface area contributed by atoms with Gasteiger partial charge in [0.05, 0.1) is 0 Å². The Labute approximate surface area is 109 Å². The van der Waals surface area contributed by atoms with Crippen LogP contribution < -0.4 is 0 Å². The van der Waals surface area contributed by atoms with Gasteiger partial charge in [0, 0.05) is 12.5 Å². The highest BCUT2D eigenvalue weighted by atomic mass is 19.1. The molecule has 1 unspecified atom stereocenters. The van der Waals surface area contributed by atoms with Crippen LogP contribution in [0, 0.1) is 11.6 Å². The number of aliphatic hydroxyl groups excluding tert-OH is 1. The smallest absolute Gasteiger partial charge is 0.170 e. The minimum atomic E-state index is -1.30. The third-order valence-corrected chi connectivity index (χ3v) is 2.80. The highest BCUT2D eigenvalue weighted by molar-refractivity contribution is 5.86. The van der Waals surface area contributed by atoms with Crippen LogP contribution >= 0.6 is 0 Å². The van der Waals surface area contributed by atoms with Crippen LogP contribution in [0.15, 0.2) is 48.5 Å². The zero-order valence-corrected chi connectivity index (χ0v) is 10.0. The lowest BCUT2D eigenvalue weighted by molar-refractivity contribution is -0.126. The molecule has 0 saturated carbocycles. The Bertz CT molecular complexity index is 582. The minimum absolute atomic E-state index is 0.0707. The Morgan fingerprint density at radius 2 is 1.79 bits per heavy atom. The fraction of sp³-hybridized carbons (Fsp3) is 0.133. The van der Waals surface area contributed by atoms with Gasteiger partial charge in [-0.25, -0.2) is 8.78 Å². The summed E-state index contributed by atoms with van der Waals surface area (Å²) in [6, 6.07) is 11.4. The first-order valence-corrected chi connectivity index (χ1v) is 5.77. The molecule has 0 spiro atoms. The standard InChI is InChI=1S/C15H12F2O2/c16-12-7-6-11(13(17)9-12)8-14(18)15(19)10-4-2-1-3-5-10/h1-7,9,15,19H,8H2. The lowest BCUT2D eigenvalue weighted by Gasteiger charge is -2.10. The molecule has 2 nitrogen and oxygen atoms in total. The highest BCUT2D eigenvalue weighted by Crippen LogP contribution is 2.17. The number of rotatable bonds is 4. The first kappa shape index (κ1) is 13.4. The molecule has 19 heavy (non-hydrogen) atoms. The van der Waals surface area contributed by atoms with E-state index >= 15 is 0 Å². The molecule has 0 heterocycles. The molecule has 2 rings (SSSR count). The number of halogens is 2. The summed E-state index contributed by atoms with van der Waals surface area (Å²) >= 11 is 0. The van der Waals surface area contributed by atoms with Gasteiger partial charge in [-0.2, -0.15) is 0 Å². The summed E-state index contributed by atoms with van der Waals surface area (Å²) in [5.41, 5.74) is 0.524. The average molecular weight is 262 g/mol. The topological polar surface area (TPSA) is 37.3 Å². The van der Waals surface area contributed by atoms with Crippen molar-refractivity contribution in [2.75, 3.05) is 0 Å². The van der Waals surface area contributed by atoms with Crippen LogP contribution in [0.2, 0.25) is 0 Å². The summed E-state index contributed by atoms with van der Waals surface area (Å²) in [7, 11) is 0. The van der Waals surface area contributed by atoms with Crippen molar-refractivity contribution in [2.45, 2.75) is 12.5 Å². The Morgan fingerprint density at radius 1 is 1.11 bits per heavy atom. The van der Waals surface area contributed by atoms with Crippen LogP contribution in [0.3, 0.4) is 0 Å². The molecule has 0 aliphatic heterocycles. The molecule has 0 amide bonds. The second-order valence-corrected chi connectivity index (χ2v) is 4.19. The van der Waals surface area contributed by atoms with Crippen molar-refractivity contribution in [1.29, 1.82) is 0 Å². The van der Waals surface area contributed by atoms with Gasteiger partial charge in [-0.3, -0.25) is 4.79 Å². The van der Waals surface area contributed by atoms with Crippen LogP contribution in [-0.2, 0) is 11.2 Å². The van der Waals surface area contributed by atoms with E-state index in [1.807, 2.05) is 0 Å². The molecule has 0 aromatic heterocycles. The van der Waals surface area contributed by atoms with Gasteiger partial charge >= 0.3 is 0 Å². The molecule has 0 fully saturated rings. The predicted molar refractivity (Wildman–Crippen MR) is 66.5 cm³/mol. The Morgan fingerprint density at radius 3 is 2.42 bits per heavy atom. The lowest BCUT2D eigenvalue weighted by atomic mass is 10.00. The van der Waals surface area contributed by atoms with Crippen molar-refractivity contribution in [1.82, 2.24) is 0 Å². The molecule has 98 valence electrons. The third-order valence-electron chi connectivity index (χ3n) is 2.80. The first-order chi connectivity index (χ1) is 9.08. The van der Waals surface area contributed by atoms with E-state index in [4.69, 9.17) is 0 Å². The van der Waals surface area contributed by atoms with E-state index < -0.39 is 23.5 Å². The maximum atomic E-state index is 13.4. The molecule has 2 aromatic rings. The summed E-state index contributed by atoms with van der Waals surface area (Å²) in [6.07, 6.45) is -1.58. The van der Waals surface area contributed by atoms with E-state index in [1.165, 1.54) is 6.07 Å². The Kier molecular flexibility index (Phi) is 4.02. The number of benzene rings is 2. The van der Waals surface area contributed by atoms with Gasteiger partial charge in [-0.15, -0.1) is 0 Å². The van der Waals surface area contributed by atoms with Gasteiger partial charge in [-0.1, -0.05) is 36.4 Å². The van der Waals surface area contributed by atoms with Crippen molar-refractivity contribution in [2.24, 2.45) is 0 Å². The second kappa shape index (κ2) is 5.71. The van der Waals surface area contributed by atoms with E-state index in [0.29, 0.717) is 5.56 Å². The number of aliphatic hydroxyl groups is 1. The molecule has 0 aliphatic rings. The van der Waals surface area contributed by atoms with Crippen LogP contribution in [0.4, 0.5) is 8.78 Å². The number of hydrogen-bond acceptors (Lipinski definition) is 2. The van der Waals surface area contributed by atoms with Crippen LogP contribution in [0.5, 0.6) is 0 Å². The summed E-state index contributed by atoms with van der Waals surface area (Å²) in [4.78, 5) is 11.8. The predicted octanol–water partition coefficient (Wildman–Crippen LogP) is 2.81. The fourth-order valence-corrected chi connectivity index (χ4v) is 1.77. The largest absolute Gasteiger partial charge is 0.381 e. The first-order valence-electron chi connectivity index (χ1n) is 5.77. The van der Waals surface area contributed by atoms with Crippen LogP contribution in [0.25, 0.3) is 0 Å². The fourth-order valence-electron chi connectivity index (χ4n) is 1.77. The van der Waals surface area contributed by atoms with Gasteiger partial charge in [0.2, 0.25) is 0 Å². The molecule has 4 heteroatoms. The number of Topliss-reactive ketones (excluding diaryl/α,β-unsaturated/α-hetero) is 1. The third kappa shape index (κ3) is 3.23. The normalized spacial score (nSPS) is 12.2. The zero-order valence-electron chi connectivity index (χ0n) is 10.0. The van der Waals surface area contributed by atoms with Gasteiger partial charge in [0.15, 0.2) is 5.78 Å². The molecule has 1 N–H and O–H groups in total. The maximum Gasteiger partial charge on any atom is 0.170 e. The van der Waals surface area contributed by atoms with Crippen molar-refractivity contribution in [3.05, 3.63) is 71.3 Å². The molecule has 0 bridgehead atoms. The average Bonchev–Trinajstić information content (AvgIpc) is 2.42. The molecule has 0 saturated heterocycles. The van der Waals surface area contributed by atoms with Gasteiger partial charge in [0.25, 0.3) is 0 Å². The maximum absolute atomic E-state index is 13.4. The van der Waals surface area contributed by atoms with E-state index in [0.717, 1.165) is 12.1 Å². The second-order valence-electron chi connectivity index (χ2n) is 4.19. The highest BCUT2D eigenvalue weighted by Gasteiger charge is 2.18. The number of hydrogen-bond donors (Lipinski definition) is 1. The van der Waals surface area contributed by atoms with Crippen molar-refractivity contribution >= 4 is 5.78 Å². The molecule has 2 aromatic carbocycles. The van der Waals surface area contributed by atoms with E-state index in [1.54, 1.807) is 30.3 Å². The van der Waals surface area contributed by atoms with E-state index in [-0.39, 0.29) is 12.0 Å². The van der Waals surface area contributed by atoms with E-state index in [9.17, 15) is 18.7 Å². The zero-order chi connectivity index (χ0) is 13.8. The molecular weight excluding hydrogens is 250 g/mol. The number of carbonyl (C=O) groups is 1. The minimum Gasteiger partial charge on any atom is -0.381 e. The van der Waals surface area contributed by atoms with Gasteiger partial charge in [-0.05, 0) is 17.2 Å². The summed E-state index contributed by atoms with van der Waals surface area (Å²) in [5, 5.41) is 9.85. The Balaban J connectivity index is 2.13. The number of carbonyl (C=O) groups excluding carboxylic acids is 1. The number of ketones is 1. The van der Waals surface area contributed by atoms with Crippen molar-refractivity contribution in [3.8, 4) is 0 Å². The molecule has 0 aliphatic carbocycles. The summed E-state index contributed by atoms with van der Waals surface area (Å²) in [6.45, 7) is 0. The SMILES string of the molecule is O=C(Cc1ccc(F)cc1F)C(O)c1ccccc1. The molecule has 0 radical (unpaired) electrons. The van der Waals surface area contributed by atoms with E-state index in [2.05, 4.69) is 0 Å². The van der Waals surface area contributed by atoms with Crippen molar-refractivity contribution in [3.63, 3.8) is 0 Å². The van der Waals surface area contributed by atoms with Gasteiger partial charge < -0.3 is 5.11 Å². The molecule has 1 atom stereocenters. The van der Waals surface area contributed by atoms with Crippen LogP contribution in [-0.4, -0.2) is 10.9 Å². The molecular formula is C15H12F2O2. The monoisotopic (exact) mass is 262 g/mol. The summed E-state index contributed by atoms with van der Waals surface area (Å²) < 4.78 is 26.1. The van der Waals surface area contributed by atoms with Gasteiger partial charge in [0.1, 0.15) is 17.7 Å². The summed E-state index contributed by atoms with van der Waals surface area (Å²) in [5.74, 6) is -2.01. The van der Waals surface area contributed by atoms with Crippen molar-refractivity contribution < 1.29 is 18.7 Å².